The molecular formula is CH2Cl2HgO5P2+2. The Bertz CT molecular complexity index is 109. The van der Waals surface area contributed by atoms with Gasteiger partial charge >= 0.3 is 44.2 Å². The summed E-state index contributed by atoms with van der Waals surface area (Å²) in [7, 11) is -6.47. The summed E-state index contributed by atoms with van der Waals surface area (Å²) in [6.07, 6.45) is 0. The van der Waals surface area contributed by atoms with Crippen molar-refractivity contribution in [3.05, 3.63) is 0 Å². The van der Waals surface area contributed by atoms with Gasteiger partial charge in [0.05, 0.1) is 5.34 Å². The minimum atomic E-state index is -3.24. The van der Waals surface area contributed by atoms with Crippen molar-refractivity contribution < 1.29 is 50.9 Å². The molecule has 11 heavy (non-hydrogen) atoms. The van der Waals surface area contributed by atoms with Crippen LogP contribution in [0, 0.1) is 0 Å². The first kappa shape index (κ1) is 18.4. The molecule has 2 atom stereocenters. The predicted molar refractivity (Wildman–Crippen MR) is 32.9 cm³/mol. The van der Waals surface area contributed by atoms with Crippen molar-refractivity contribution in [3.8, 4) is 0 Å². The van der Waals surface area contributed by atoms with E-state index in [1.54, 1.807) is 0 Å². The zero-order valence-electron chi connectivity index (χ0n) is 5.11. The van der Waals surface area contributed by atoms with Crippen molar-refractivity contribution in [2.75, 3.05) is 5.34 Å². The summed E-state index contributed by atoms with van der Waals surface area (Å²) >= 11 is 9.53. The molecular weight excluding hydrogens is 425 g/mol. The molecule has 0 aliphatic heterocycles. The van der Waals surface area contributed by atoms with Crippen LogP contribution in [-0.2, 0) is 41.1 Å². The van der Waals surface area contributed by atoms with Gasteiger partial charge in [0, 0.05) is 0 Å². The zero-order chi connectivity index (χ0) is 8.57. The molecule has 0 aliphatic carbocycles. The Balaban J connectivity index is -0.000000140. The number of alkyl halides is 2. The van der Waals surface area contributed by atoms with Crippen LogP contribution in [0.1, 0.15) is 0 Å². The molecule has 0 N–H and O–H groups in total. The third-order valence-corrected chi connectivity index (χ3v) is 1.20. The molecule has 60 valence electrons. The smallest absolute Gasteiger partial charge is 0.563 e. The Morgan fingerprint density at radius 2 is 1.36 bits per heavy atom. The first-order valence-electron chi connectivity index (χ1n) is 1.63. The van der Waals surface area contributed by atoms with E-state index in [0.29, 0.717) is 0 Å². The standard InChI is InChI=1S/CH2Cl2.Hg.O5P2/c2-1-3;;1-6(2)5-7(3)4/h1H2;;/q;+2;. The molecule has 0 amide bonds. The molecule has 0 saturated carbocycles. The summed E-state index contributed by atoms with van der Waals surface area (Å²) in [5, 5.41) is 0.194. The first-order chi connectivity index (χ1) is 4.54. The third-order valence-electron chi connectivity index (χ3n) is 0.133. The van der Waals surface area contributed by atoms with Crippen molar-refractivity contribution in [3.63, 3.8) is 0 Å². The maximum Gasteiger partial charge on any atom is 2.00 e. The topological polar surface area (TPSA) is 89.5 Å². The van der Waals surface area contributed by atoms with Gasteiger partial charge < -0.3 is 9.79 Å². The van der Waals surface area contributed by atoms with Crippen LogP contribution in [0.15, 0.2) is 0 Å². The second kappa shape index (κ2) is 14.1. The van der Waals surface area contributed by atoms with Gasteiger partial charge in [0.15, 0.2) is 0 Å². The van der Waals surface area contributed by atoms with E-state index in [4.69, 9.17) is 23.2 Å². The zero-order valence-corrected chi connectivity index (χ0v) is 13.9. The van der Waals surface area contributed by atoms with Crippen LogP contribution < -0.4 is 9.79 Å². The molecule has 0 aromatic heterocycles. The Morgan fingerprint density at radius 3 is 1.36 bits per heavy atom. The monoisotopic (exact) mass is 428 g/mol. The molecule has 0 bridgehead atoms. The van der Waals surface area contributed by atoms with E-state index in [1.165, 1.54) is 0 Å². The van der Waals surface area contributed by atoms with Crippen LogP contribution in [-0.4, -0.2) is 5.34 Å². The van der Waals surface area contributed by atoms with Gasteiger partial charge in [0.25, 0.3) is 0 Å². The fraction of sp³-hybridized carbons (Fsp3) is 1.00. The molecule has 0 fully saturated rings. The van der Waals surface area contributed by atoms with Gasteiger partial charge in [0.1, 0.15) is 4.31 Å². The second-order valence-electron chi connectivity index (χ2n) is 0.630. The molecule has 5 nitrogen and oxygen atoms in total. The van der Waals surface area contributed by atoms with Gasteiger partial charge in [-0.25, -0.2) is 0 Å². The summed E-state index contributed by atoms with van der Waals surface area (Å²) in [6, 6.07) is 0. The van der Waals surface area contributed by atoms with Crippen molar-refractivity contribution in [1.29, 1.82) is 0 Å². The average molecular weight is 427 g/mol. The Morgan fingerprint density at radius 1 is 1.18 bits per heavy atom. The Kier molecular flexibility index (Phi) is 23.6. The maximum atomic E-state index is 9.24. The van der Waals surface area contributed by atoms with Crippen LogP contribution in [0.5, 0.6) is 0 Å². The summed E-state index contributed by atoms with van der Waals surface area (Å²) in [4.78, 5) is 18.5. The van der Waals surface area contributed by atoms with Gasteiger partial charge in [-0.05, 0) is 9.13 Å². The molecule has 0 aromatic rings. The van der Waals surface area contributed by atoms with Gasteiger partial charge in [0.2, 0.25) is 0 Å². The molecule has 10 heteroatoms. The number of rotatable bonds is 2. The third kappa shape index (κ3) is 34.1. The first-order valence-corrected chi connectivity index (χ1v) is 4.89. The van der Waals surface area contributed by atoms with Crippen LogP contribution in [0.2, 0.25) is 0 Å². The minimum absolute atomic E-state index is 0. The maximum absolute atomic E-state index is 9.24. The van der Waals surface area contributed by atoms with Crippen molar-refractivity contribution >= 4 is 39.7 Å². The molecule has 0 spiro atoms. The molecule has 0 rings (SSSR count). The number of hydrogen-bond acceptors (Lipinski definition) is 5. The second-order valence-corrected chi connectivity index (χ2v) is 2.99. The normalized spacial score (nSPS) is 10.2. The molecule has 0 aromatic carbocycles. The van der Waals surface area contributed by atoms with E-state index in [1.807, 2.05) is 0 Å². The van der Waals surface area contributed by atoms with Crippen LogP contribution >= 0.6 is 39.7 Å². The number of halogens is 2. The van der Waals surface area contributed by atoms with Crippen LogP contribution in [0.4, 0.5) is 0 Å². The number of hydrogen-bond donors (Lipinski definition) is 0. The predicted octanol–water partition coefficient (Wildman–Crippen LogP) is 0.457. The molecule has 0 radical (unpaired) electrons. The quantitative estimate of drug-likeness (QED) is 0.363. The molecule has 2 unspecified atom stereocenters. The van der Waals surface area contributed by atoms with E-state index in [0.717, 1.165) is 0 Å². The van der Waals surface area contributed by atoms with E-state index in [2.05, 4.69) is 4.31 Å². The van der Waals surface area contributed by atoms with E-state index in [-0.39, 0.29) is 33.0 Å². The fourth-order valence-corrected chi connectivity index (χ4v) is 0.490. The Hall–Kier alpha value is 1.60. The molecule has 0 aliphatic rings. The van der Waals surface area contributed by atoms with E-state index < -0.39 is 16.5 Å². The summed E-state index contributed by atoms with van der Waals surface area (Å²) in [5.74, 6) is 0. The van der Waals surface area contributed by atoms with Crippen LogP contribution in [0.3, 0.4) is 0 Å². The van der Waals surface area contributed by atoms with Gasteiger partial charge in [-0.3, -0.25) is 0 Å². The van der Waals surface area contributed by atoms with Gasteiger partial charge in [-0.2, -0.15) is 0 Å². The SMILES string of the molecule is ClCCl.O=[P+]([O-])O[P+](=O)[O-].[Hg+2]. The average Bonchev–Trinajstić information content (AvgIpc) is 1.62. The van der Waals surface area contributed by atoms with Crippen molar-refractivity contribution in [2.24, 2.45) is 0 Å². The van der Waals surface area contributed by atoms with Gasteiger partial charge in [-0.1, -0.05) is 0 Å². The molecule has 0 heterocycles. The van der Waals surface area contributed by atoms with Crippen LogP contribution in [0.25, 0.3) is 0 Å². The minimum Gasteiger partial charge on any atom is -0.563 e. The largest absolute Gasteiger partial charge is 2.00 e. The summed E-state index contributed by atoms with van der Waals surface area (Å²) in [6.45, 7) is 0. The van der Waals surface area contributed by atoms with Gasteiger partial charge in [-0.15, -0.1) is 23.2 Å². The fourth-order valence-electron chi connectivity index (χ4n) is 0.0544. The van der Waals surface area contributed by atoms with Crippen molar-refractivity contribution in [1.82, 2.24) is 0 Å². The molecule has 0 saturated heterocycles. The summed E-state index contributed by atoms with van der Waals surface area (Å²) < 4.78 is 21.6. The van der Waals surface area contributed by atoms with Crippen molar-refractivity contribution in [2.45, 2.75) is 0 Å². The van der Waals surface area contributed by atoms with E-state index in [9.17, 15) is 18.9 Å². The Labute approximate surface area is 95.4 Å². The summed E-state index contributed by atoms with van der Waals surface area (Å²) in [5.41, 5.74) is 0. The van der Waals surface area contributed by atoms with E-state index >= 15 is 0 Å².